The molecule has 0 aliphatic heterocycles. The van der Waals surface area contributed by atoms with Crippen LogP contribution in [-0.2, 0) is 9.53 Å². The number of methoxy groups -OCH3 is 1. The first-order valence-corrected chi connectivity index (χ1v) is 22.8. The molecule has 0 radical (unpaired) electrons. The van der Waals surface area contributed by atoms with E-state index in [0.29, 0.717) is 11.2 Å². The van der Waals surface area contributed by atoms with Crippen LogP contribution in [0.4, 0.5) is 0 Å². The third kappa shape index (κ3) is 7.77. The summed E-state index contributed by atoms with van der Waals surface area (Å²) >= 11 is 0. The largest absolute Gasteiger partial charge is 0.541 e. The Balaban J connectivity index is 1.19. The van der Waals surface area contributed by atoms with Crippen molar-refractivity contribution in [2.75, 3.05) is 7.11 Å². The van der Waals surface area contributed by atoms with Crippen molar-refractivity contribution in [1.82, 2.24) is 0 Å². The molecule has 0 heterocycles. The molecule has 5 heteroatoms. The number of ether oxygens (including phenoxy) is 2. The second-order valence-corrected chi connectivity index (χ2v) is 23.9. The number of carbonyl (C=O) groups excluding carboxylic acids is 1. The zero-order valence-electron chi connectivity index (χ0n) is 33.3. The number of benzene rings is 1. The molecule has 0 aromatic heterocycles. The molecular weight excluding hydrogens is 621 g/mol. The lowest BCUT2D eigenvalue weighted by Crippen LogP contribution is -2.51. The second kappa shape index (κ2) is 14.5. The molecule has 4 aliphatic rings. The number of hydrogen-bond acceptors (Lipinski definition) is 4. The molecule has 4 aliphatic carbocycles. The van der Waals surface area contributed by atoms with Crippen LogP contribution >= 0.6 is 0 Å². The van der Waals surface area contributed by atoms with Gasteiger partial charge in [0.15, 0.2) is 5.75 Å². The van der Waals surface area contributed by atoms with Gasteiger partial charge < -0.3 is 13.9 Å². The van der Waals surface area contributed by atoms with E-state index in [9.17, 15) is 4.79 Å². The summed E-state index contributed by atoms with van der Waals surface area (Å²) in [6.07, 6.45) is 18.6. The van der Waals surface area contributed by atoms with E-state index in [1.165, 1.54) is 44.9 Å². The van der Waals surface area contributed by atoms with E-state index in [2.05, 4.69) is 81.5 Å². The van der Waals surface area contributed by atoms with Crippen LogP contribution in [-0.4, -0.2) is 27.5 Å². The van der Waals surface area contributed by atoms with E-state index in [1.807, 2.05) is 24.3 Å². The second-order valence-electron chi connectivity index (χ2n) is 19.2. The molecule has 3 saturated carbocycles. The minimum absolute atomic E-state index is 0.0401. The standard InChI is InChI=1S/C44H70O4Si/c1-29(2)30(3)13-14-31(4)36-19-20-37-35-18-17-33-28-34(23-25-43(33,8)38(35)24-26-44(36,37)9)47-41(45)22-16-32-15-21-39(40(27-32)46-10)48-49(11,12)42(5,6)7/h15-17,21-22,27,29-31,34-38H,13-14,18-20,23-26,28H2,1-12H3/b22-16+/t30-,31-,34+,35+,36-,37+,38+,43+,44-/m1/s1. The lowest BCUT2D eigenvalue weighted by molar-refractivity contribution is -0.145. The molecule has 0 bridgehead atoms. The molecule has 49 heavy (non-hydrogen) atoms. The van der Waals surface area contributed by atoms with Gasteiger partial charge in [-0.1, -0.05) is 92.9 Å². The summed E-state index contributed by atoms with van der Waals surface area (Å²) in [7, 11) is -0.334. The van der Waals surface area contributed by atoms with E-state index >= 15 is 0 Å². The van der Waals surface area contributed by atoms with Crippen LogP contribution in [0.25, 0.3) is 6.08 Å². The minimum Gasteiger partial charge on any atom is -0.541 e. The molecule has 0 unspecified atom stereocenters. The van der Waals surface area contributed by atoms with Gasteiger partial charge in [0.2, 0.25) is 0 Å². The SMILES string of the molecule is COc1cc(/C=C/C(=O)O[C@H]2CC[C@@]3(C)C(=CC[C@H]4[C@@H]5CC[C@H]([C@H](C)CC[C@@H](C)C(C)C)[C@@]5(C)CC[C@@H]43)C2)ccc1O[Si](C)(C)C(C)(C)C. The predicted molar refractivity (Wildman–Crippen MR) is 207 cm³/mol. The van der Waals surface area contributed by atoms with Gasteiger partial charge in [0.25, 0.3) is 8.32 Å². The Hall–Kier alpha value is -2.01. The molecule has 274 valence electrons. The van der Waals surface area contributed by atoms with Gasteiger partial charge in [0.05, 0.1) is 7.11 Å². The van der Waals surface area contributed by atoms with Gasteiger partial charge in [0, 0.05) is 12.5 Å². The molecule has 3 fully saturated rings. The fraction of sp³-hybridized carbons (Fsp3) is 0.750. The first kappa shape index (κ1) is 38.2. The van der Waals surface area contributed by atoms with E-state index < -0.39 is 8.32 Å². The zero-order chi connectivity index (χ0) is 35.9. The van der Waals surface area contributed by atoms with Gasteiger partial charge in [-0.3, -0.25) is 0 Å². The molecule has 4 nitrogen and oxygen atoms in total. The average Bonchev–Trinajstić information content (AvgIpc) is 3.39. The van der Waals surface area contributed by atoms with Gasteiger partial charge in [-0.05, 0) is 139 Å². The van der Waals surface area contributed by atoms with E-state index in [1.54, 1.807) is 18.8 Å². The predicted octanol–water partition coefficient (Wildman–Crippen LogP) is 12.3. The molecule has 1 aromatic rings. The van der Waals surface area contributed by atoms with Crippen LogP contribution in [0.3, 0.4) is 0 Å². The van der Waals surface area contributed by atoms with Crippen molar-refractivity contribution in [2.24, 2.45) is 52.3 Å². The Morgan fingerprint density at radius 2 is 1.71 bits per heavy atom. The van der Waals surface area contributed by atoms with Crippen LogP contribution in [0, 0.1) is 52.3 Å². The summed E-state index contributed by atoms with van der Waals surface area (Å²) in [6, 6.07) is 5.89. The molecule has 1 aromatic carbocycles. The number of carbonyl (C=O) groups is 1. The first-order valence-electron chi connectivity index (χ1n) is 19.8. The maximum Gasteiger partial charge on any atom is 0.331 e. The third-order valence-electron chi connectivity index (χ3n) is 15.1. The first-order chi connectivity index (χ1) is 22.9. The Morgan fingerprint density at radius 1 is 0.980 bits per heavy atom. The number of fused-ring (bicyclic) bond motifs is 5. The molecule has 0 N–H and O–H groups in total. The van der Waals surface area contributed by atoms with Crippen molar-refractivity contribution in [2.45, 2.75) is 151 Å². The number of rotatable bonds is 11. The smallest absolute Gasteiger partial charge is 0.331 e. The lowest BCUT2D eigenvalue weighted by Gasteiger charge is -2.58. The fourth-order valence-corrected chi connectivity index (χ4v) is 11.5. The maximum atomic E-state index is 13.1. The van der Waals surface area contributed by atoms with Gasteiger partial charge in [0.1, 0.15) is 11.9 Å². The molecule has 0 amide bonds. The summed E-state index contributed by atoms with van der Waals surface area (Å²) in [4.78, 5) is 13.1. The topological polar surface area (TPSA) is 44.8 Å². The van der Waals surface area contributed by atoms with Gasteiger partial charge in [-0.25, -0.2) is 4.79 Å². The average molecular weight is 691 g/mol. The summed E-state index contributed by atoms with van der Waals surface area (Å²) in [5.74, 6) is 6.98. The number of hydrogen-bond donors (Lipinski definition) is 0. The highest BCUT2D eigenvalue weighted by molar-refractivity contribution is 6.74. The summed E-state index contributed by atoms with van der Waals surface area (Å²) < 4.78 is 18.3. The van der Waals surface area contributed by atoms with E-state index in [4.69, 9.17) is 13.9 Å². The van der Waals surface area contributed by atoms with Crippen LogP contribution in [0.2, 0.25) is 18.1 Å². The molecule has 5 rings (SSSR count). The highest BCUT2D eigenvalue weighted by Crippen LogP contribution is 2.67. The lowest BCUT2D eigenvalue weighted by atomic mass is 9.47. The van der Waals surface area contributed by atoms with Crippen LogP contribution in [0.5, 0.6) is 11.5 Å². The molecule has 9 atom stereocenters. The van der Waals surface area contributed by atoms with E-state index in [-0.39, 0.29) is 22.5 Å². The Bertz CT molecular complexity index is 1390. The summed E-state index contributed by atoms with van der Waals surface area (Å²) in [6.45, 7) is 26.2. The summed E-state index contributed by atoms with van der Waals surface area (Å²) in [5.41, 5.74) is 3.22. The minimum atomic E-state index is -2.00. The Kier molecular flexibility index (Phi) is 11.3. The number of esters is 1. The van der Waals surface area contributed by atoms with Crippen molar-refractivity contribution in [3.63, 3.8) is 0 Å². The van der Waals surface area contributed by atoms with Crippen molar-refractivity contribution in [3.8, 4) is 11.5 Å². The van der Waals surface area contributed by atoms with Crippen molar-refractivity contribution in [1.29, 1.82) is 0 Å². The monoisotopic (exact) mass is 691 g/mol. The zero-order valence-corrected chi connectivity index (χ0v) is 34.3. The third-order valence-corrected chi connectivity index (χ3v) is 19.4. The van der Waals surface area contributed by atoms with Crippen molar-refractivity contribution >= 4 is 20.4 Å². The quantitative estimate of drug-likeness (QED) is 0.100. The van der Waals surface area contributed by atoms with Crippen LogP contribution < -0.4 is 9.16 Å². The van der Waals surface area contributed by atoms with Crippen molar-refractivity contribution in [3.05, 3.63) is 41.5 Å². The maximum absolute atomic E-state index is 13.1. The Morgan fingerprint density at radius 3 is 2.39 bits per heavy atom. The normalized spacial score (nSPS) is 32.9. The highest BCUT2D eigenvalue weighted by atomic mass is 28.4. The van der Waals surface area contributed by atoms with Gasteiger partial charge in [-0.15, -0.1) is 0 Å². The van der Waals surface area contributed by atoms with Crippen molar-refractivity contribution < 1.29 is 18.7 Å². The van der Waals surface area contributed by atoms with Gasteiger partial charge >= 0.3 is 5.97 Å². The van der Waals surface area contributed by atoms with Gasteiger partial charge in [-0.2, -0.15) is 0 Å². The molecule has 0 spiro atoms. The Labute approximate surface area is 301 Å². The van der Waals surface area contributed by atoms with E-state index in [0.717, 1.165) is 72.0 Å². The molecule has 0 saturated heterocycles. The van der Waals surface area contributed by atoms with Crippen LogP contribution in [0.15, 0.2) is 35.9 Å². The number of allylic oxidation sites excluding steroid dienone is 1. The summed E-state index contributed by atoms with van der Waals surface area (Å²) in [5, 5.41) is 0.0913. The highest BCUT2D eigenvalue weighted by Gasteiger charge is 2.59. The fourth-order valence-electron chi connectivity index (χ4n) is 10.4. The molecular formula is C44H70O4Si. The van der Waals surface area contributed by atoms with Crippen LogP contribution in [0.1, 0.15) is 132 Å².